The fourth-order valence-electron chi connectivity index (χ4n) is 1.83. The second-order valence-corrected chi connectivity index (χ2v) is 6.35. The van der Waals surface area contributed by atoms with Gasteiger partial charge in [0.15, 0.2) is 0 Å². The van der Waals surface area contributed by atoms with Crippen LogP contribution >= 0.6 is 11.6 Å². The molecule has 0 heterocycles. The average Bonchev–Trinajstić information content (AvgIpc) is 2.50. The van der Waals surface area contributed by atoms with Crippen LogP contribution in [-0.4, -0.2) is 15.0 Å². The summed E-state index contributed by atoms with van der Waals surface area (Å²) in [6.07, 6.45) is 0. The van der Waals surface area contributed by atoms with E-state index in [0.717, 1.165) is 0 Å². The molecule has 2 aromatic carbocycles. The van der Waals surface area contributed by atoms with Gasteiger partial charge in [0.1, 0.15) is 16.7 Å². The van der Waals surface area contributed by atoms with Crippen molar-refractivity contribution >= 4 is 27.3 Å². The van der Waals surface area contributed by atoms with Crippen LogP contribution in [0.3, 0.4) is 0 Å². The number of benzene rings is 2. The molecule has 5 nitrogen and oxygen atoms in total. The lowest BCUT2D eigenvalue weighted by atomic mass is 10.2. The van der Waals surface area contributed by atoms with Crippen LogP contribution < -0.4 is 9.46 Å². The molecule has 0 saturated heterocycles. The number of hydrogen-bond donors (Lipinski definition) is 1. The van der Waals surface area contributed by atoms with Crippen molar-refractivity contribution in [1.29, 1.82) is 5.26 Å². The summed E-state index contributed by atoms with van der Waals surface area (Å²) in [4.78, 5) is 0.0327. The molecule has 0 aliphatic carbocycles. The third kappa shape index (κ3) is 3.50. The third-order valence-corrected chi connectivity index (χ3v) is 4.53. The van der Waals surface area contributed by atoms with E-state index in [1.165, 1.54) is 24.3 Å². The van der Waals surface area contributed by atoms with E-state index in [1.54, 1.807) is 25.1 Å². The van der Waals surface area contributed by atoms with Crippen LogP contribution in [0.25, 0.3) is 0 Å². The predicted molar refractivity (Wildman–Crippen MR) is 84.6 cm³/mol. The summed E-state index contributed by atoms with van der Waals surface area (Å²) in [6.45, 7) is 2.13. The first kappa shape index (κ1) is 16.1. The van der Waals surface area contributed by atoms with E-state index in [9.17, 15) is 8.42 Å². The summed E-state index contributed by atoms with van der Waals surface area (Å²) in [5.74, 6) is 0.270. The number of nitriles is 1. The molecule has 0 unspecified atom stereocenters. The largest absolute Gasteiger partial charge is 0.492 e. The van der Waals surface area contributed by atoms with Crippen LogP contribution in [0.5, 0.6) is 5.75 Å². The minimum Gasteiger partial charge on any atom is -0.492 e. The minimum atomic E-state index is -3.83. The smallest absolute Gasteiger partial charge is 0.265 e. The third-order valence-electron chi connectivity index (χ3n) is 2.78. The molecule has 0 aliphatic heterocycles. The molecule has 0 saturated carbocycles. The highest BCUT2D eigenvalue weighted by Gasteiger charge is 2.19. The Hall–Kier alpha value is -2.23. The molecule has 2 rings (SSSR count). The van der Waals surface area contributed by atoms with Crippen LogP contribution in [0.2, 0.25) is 5.02 Å². The monoisotopic (exact) mass is 336 g/mol. The maximum absolute atomic E-state index is 12.5. The number of nitrogens with one attached hydrogen (secondary N) is 1. The molecule has 0 amide bonds. The number of ether oxygens (including phenoxy) is 1. The van der Waals surface area contributed by atoms with E-state index in [-0.39, 0.29) is 26.9 Å². The van der Waals surface area contributed by atoms with Gasteiger partial charge in [-0.1, -0.05) is 23.7 Å². The molecule has 7 heteroatoms. The molecule has 0 radical (unpaired) electrons. The number of halogens is 1. The average molecular weight is 337 g/mol. The van der Waals surface area contributed by atoms with Crippen molar-refractivity contribution in [3.05, 3.63) is 53.1 Å². The Morgan fingerprint density at radius 2 is 2.00 bits per heavy atom. The molecular weight excluding hydrogens is 324 g/mol. The van der Waals surface area contributed by atoms with Crippen molar-refractivity contribution in [2.45, 2.75) is 11.8 Å². The lowest BCUT2D eigenvalue weighted by Crippen LogP contribution is -2.14. The van der Waals surface area contributed by atoms with Gasteiger partial charge in [-0.2, -0.15) is 5.26 Å². The second kappa shape index (κ2) is 6.69. The molecule has 0 aliphatic rings. The van der Waals surface area contributed by atoms with Gasteiger partial charge < -0.3 is 4.74 Å². The Kier molecular flexibility index (Phi) is 4.91. The summed E-state index contributed by atoms with van der Waals surface area (Å²) in [6, 6.07) is 12.6. The van der Waals surface area contributed by atoms with Crippen LogP contribution in [0.4, 0.5) is 5.69 Å². The van der Waals surface area contributed by atoms with Gasteiger partial charge in [0.2, 0.25) is 0 Å². The zero-order valence-electron chi connectivity index (χ0n) is 11.7. The van der Waals surface area contributed by atoms with Gasteiger partial charge in [-0.3, -0.25) is 4.72 Å². The maximum atomic E-state index is 12.5. The second-order valence-electron chi connectivity index (χ2n) is 4.29. The SMILES string of the molecule is CCOc1ccccc1S(=O)(=O)Nc1ccc(Cl)c(C#N)c1. The topological polar surface area (TPSA) is 79.2 Å². The summed E-state index contributed by atoms with van der Waals surface area (Å²) in [7, 11) is -3.83. The molecule has 2 aromatic rings. The highest BCUT2D eigenvalue weighted by Crippen LogP contribution is 2.27. The van der Waals surface area contributed by atoms with E-state index in [4.69, 9.17) is 21.6 Å². The lowest BCUT2D eigenvalue weighted by Gasteiger charge is -2.12. The van der Waals surface area contributed by atoms with Crippen molar-refractivity contribution in [2.75, 3.05) is 11.3 Å². The molecule has 1 N–H and O–H groups in total. The van der Waals surface area contributed by atoms with Gasteiger partial charge in [-0.15, -0.1) is 0 Å². The molecule has 0 bridgehead atoms. The fraction of sp³-hybridized carbons (Fsp3) is 0.133. The lowest BCUT2D eigenvalue weighted by molar-refractivity contribution is 0.331. The molecular formula is C15H13ClN2O3S. The molecule has 0 atom stereocenters. The van der Waals surface area contributed by atoms with E-state index >= 15 is 0 Å². The maximum Gasteiger partial charge on any atom is 0.265 e. The van der Waals surface area contributed by atoms with Crippen molar-refractivity contribution in [1.82, 2.24) is 0 Å². The zero-order chi connectivity index (χ0) is 16.2. The van der Waals surface area contributed by atoms with Crippen LogP contribution in [0, 0.1) is 11.3 Å². The van der Waals surface area contributed by atoms with Crippen molar-refractivity contribution < 1.29 is 13.2 Å². The zero-order valence-corrected chi connectivity index (χ0v) is 13.3. The number of rotatable bonds is 5. The first-order valence-corrected chi connectivity index (χ1v) is 8.28. The van der Waals surface area contributed by atoms with E-state index in [0.29, 0.717) is 6.61 Å². The van der Waals surface area contributed by atoms with E-state index < -0.39 is 10.0 Å². The molecule has 0 fully saturated rings. The van der Waals surface area contributed by atoms with Crippen molar-refractivity contribution in [2.24, 2.45) is 0 Å². The minimum absolute atomic E-state index is 0.0327. The van der Waals surface area contributed by atoms with E-state index in [1.807, 2.05) is 6.07 Å². The number of para-hydroxylation sites is 1. The van der Waals surface area contributed by atoms with E-state index in [2.05, 4.69) is 4.72 Å². The summed E-state index contributed by atoms with van der Waals surface area (Å²) in [5.41, 5.74) is 0.451. The van der Waals surface area contributed by atoms with Crippen LogP contribution in [0.1, 0.15) is 12.5 Å². The Labute approximate surface area is 134 Å². The Morgan fingerprint density at radius 3 is 2.68 bits per heavy atom. The quantitative estimate of drug-likeness (QED) is 0.907. The standard InChI is InChI=1S/C15H13ClN2O3S/c1-2-21-14-5-3-4-6-15(14)22(19,20)18-12-7-8-13(16)11(9-12)10-17/h3-9,18H,2H2,1H3. The molecule has 114 valence electrons. The van der Waals surface area contributed by atoms with Crippen molar-refractivity contribution in [3.8, 4) is 11.8 Å². The highest BCUT2D eigenvalue weighted by atomic mass is 35.5. The normalized spacial score (nSPS) is 10.8. The first-order chi connectivity index (χ1) is 10.5. The van der Waals surface area contributed by atoms with Gasteiger partial charge in [-0.05, 0) is 37.3 Å². The van der Waals surface area contributed by atoms with Crippen molar-refractivity contribution in [3.63, 3.8) is 0 Å². The first-order valence-electron chi connectivity index (χ1n) is 6.42. The molecule has 22 heavy (non-hydrogen) atoms. The molecule has 0 aromatic heterocycles. The Bertz CT molecular complexity index is 829. The van der Waals surface area contributed by atoms with Gasteiger partial charge >= 0.3 is 0 Å². The number of hydrogen-bond acceptors (Lipinski definition) is 4. The van der Waals surface area contributed by atoms with Gasteiger partial charge in [0.05, 0.1) is 22.9 Å². The van der Waals surface area contributed by atoms with Gasteiger partial charge in [-0.25, -0.2) is 8.42 Å². The summed E-state index contributed by atoms with van der Waals surface area (Å²) >= 11 is 5.83. The number of nitrogens with zero attached hydrogens (tertiary/aromatic N) is 1. The van der Waals surface area contributed by atoms with Crippen LogP contribution in [-0.2, 0) is 10.0 Å². The molecule has 0 spiro atoms. The predicted octanol–water partition coefficient (Wildman–Crippen LogP) is 3.41. The Morgan fingerprint density at radius 1 is 1.27 bits per heavy atom. The summed E-state index contributed by atoms with van der Waals surface area (Å²) in [5, 5.41) is 9.20. The fourth-order valence-corrected chi connectivity index (χ4v) is 3.19. The Balaban J connectivity index is 2.39. The van der Waals surface area contributed by atoms with Gasteiger partial charge in [0.25, 0.3) is 10.0 Å². The summed E-state index contributed by atoms with van der Waals surface area (Å²) < 4.78 is 32.7. The number of sulfonamides is 1. The number of anilines is 1. The van der Waals surface area contributed by atoms with Gasteiger partial charge in [0, 0.05) is 0 Å². The highest BCUT2D eigenvalue weighted by molar-refractivity contribution is 7.92. The van der Waals surface area contributed by atoms with Crippen LogP contribution in [0.15, 0.2) is 47.4 Å².